The number of hydrogen-bond donors (Lipinski definition) is 0. The van der Waals surface area contributed by atoms with Gasteiger partial charge < -0.3 is 4.57 Å². The Morgan fingerprint density at radius 2 is 1.47 bits per heavy atom. The van der Waals surface area contributed by atoms with Crippen LogP contribution in [0.5, 0.6) is 0 Å². The summed E-state index contributed by atoms with van der Waals surface area (Å²) in [5, 5.41) is 1.56. The Labute approximate surface area is 318 Å². The third-order valence-corrected chi connectivity index (χ3v) is 11.5. The van der Waals surface area contributed by atoms with E-state index in [-0.39, 0.29) is 0 Å². The number of thioether (sulfide) groups is 1. The van der Waals surface area contributed by atoms with Crippen LogP contribution in [0.3, 0.4) is 0 Å². The number of rotatable bonds is 5. The SMILES string of the molecule is C=Cc1c(/C=C\C)n(-c2ccccc2C2=CCc3ccccc3-c3ccccc3C(=C)C=C2)c2ccc(-c3cccc4c3SC(C)/C=C\C=C/C4)cc12. The minimum absolute atomic E-state index is 0.370. The van der Waals surface area contributed by atoms with Crippen LogP contribution in [0.25, 0.3) is 62.1 Å². The molecule has 1 atom stereocenters. The number of aromatic nitrogens is 1. The maximum absolute atomic E-state index is 4.54. The fourth-order valence-electron chi connectivity index (χ4n) is 7.77. The summed E-state index contributed by atoms with van der Waals surface area (Å²) in [6.45, 7) is 13.3. The van der Waals surface area contributed by atoms with Gasteiger partial charge in [-0.1, -0.05) is 159 Å². The molecule has 5 aromatic carbocycles. The summed E-state index contributed by atoms with van der Waals surface area (Å²) in [7, 11) is 0. The number of para-hydroxylation sites is 1. The molecule has 8 rings (SSSR count). The van der Waals surface area contributed by atoms with Gasteiger partial charge in [0.2, 0.25) is 0 Å². The molecule has 1 aliphatic heterocycles. The molecular formula is C51H43NS. The van der Waals surface area contributed by atoms with Crippen molar-refractivity contribution in [2.75, 3.05) is 0 Å². The second-order valence-corrected chi connectivity index (χ2v) is 15.0. The van der Waals surface area contributed by atoms with Crippen LogP contribution in [0.4, 0.5) is 0 Å². The van der Waals surface area contributed by atoms with Crippen LogP contribution < -0.4 is 0 Å². The molecule has 1 aliphatic carbocycles. The van der Waals surface area contributed by atoms with Crippen molar-refractivity contribution in [2.45, 2.75) is 36.8 Å². The van der Waals surface area contributed by atoms with Crippen molar-refractivity contribution < 1.29 is 0 Å². The summed E-state index contributed by atoms with van der Waals surface area (Å²) in [5.74, 6) is 0. The van der Waals surface area contributed by atoms with Gasteiger partial charge in [0.1, 0.15) is 0 Å². The highest BCUT2D eigenvalue weighted by atomic mass is 32.2. The van der Waals surface area contributed by atoms with E-state index >= 15 is 0 Å². The van der Waals surface area contributed by atoms with E-state index in [2.05, 4.69) is 195 Å². The molecule has 258 valence electrons. The number of hydrogen-bond acceptors (Lipinski definition) is 1. The number of benzene rings is 5. The minimum atomic E-state index is 0.370. The van der Waals surface area contributed by atoms with Gasteiger partial charge in [-0.3, -0.25) is 0 Å². The largest absolute Gasteiger partial charge is 0.309 e. The second-order valence-electron chi connectivity index (χ2n) is 13.6. The predicted molar refractivity (Wildman–Crippen MR) is 233 cm³/mol. The monoisotopic (exact) mass is 701 g/mol. The molecule has 1 unspecified atom stereocenters. The van der Waals surface area contributed by atoms with Crippen LogP contribution in [0.1, 0.15) is 47.4 Å². The Bertz CT molecular complexity index is 2550. The molecule has 1 aromatic heterocycles. The van der Waals surface area contributed by atoms with Gasteiger partial charge in [0, 0.05) is 26.7 Å². The predicted octanol–water partition coefficient (Wildman–Crippen LogP) is 14.0. The van der Waals surface area contributed by atoms with E-state index in [0.717, 1.165) is 57.6 Å². The first-order valence-corrected chi connectivity index (χ1v) is 19.3. The van der Waals surface area contributed by atoms with Crippen molar-refractivity contribution in [3.8, 4) is 27.9 Å². The van der Waals surface area contributed by atoms with E-state index in [1.165, 1.54) is 43.7 Å². The Morgan fingerprint density at radius 1 is 0.736 bits per heavy atom. The highest BCUT2D eigenvalue weighted by molar-refractivity contribution is 8.00. The third kappa shape index (κ3) is 6.56. The first kappa shape index (κ1) is 34.3. The summed E-state index contributed by atoms with van der Waals surface area (Å²) in [4.78, 5) is 1.36. The first-order chi connectivity index (χ1) is 26.1. The van der Waals surface area contributed by atoms with Crippen molar-refractivity contribution in [1.82, 2.24) is 4.57 Å². The zero-order valence-electron chi connectivity index (χ0n) is 30.4. The van der Waals surface area contributed by atoms with E-state index in [1.54, 1.807) is 0 Å². The van der Waals surface area contributed by atoms with Gasteiger partial charge in [-0.2, -0.15) is 0 Å². The molecule has 2 heterocycles. The molecule has 2 heteroatoms. The Morgan fingerprint density at radius 3 is 2.30 bits per heavy atom. The highest BCUT2D eigenvalue weighted by Crippen LogP contribution is 2.42. The fraction of sp³-hybridized carbons (Fsp3) is 0.0980. The van der Waals surface area contributed by atoms with Gasteiger partial charge in [-0.15, -0.1) is 11.8 Å². The zero-order chi connectivity index (χ0) is 36.3. The topological polar surface area (TPSA) is 4.93 Å². The lowest BCUT2D eigenvalue weighted by molar-refractivity contribution is 1.10. The maximum Gasteiger partial charge on any atom is 0.0541 e. The highest BCUT2D eigenvalue weighted by Gasteiger charge is 2.21. The molecule has 0 saturated carbocycles. The van der Waals surface area contributed by atoms with E-state index in [4.69, 9.17) is 0 Å². The quantitative estimate of drug-likeness (QED) is 0.173. The summed E-state index contributed by atoms with van der Waals surface area (Å²) < 4.78 is 2.42. The fourth-order valence-corrected chi connectivity index (χ4v) is 8.93. The molecular weight excluding hydrogens is 659 g/mol. The lowest BCUT2D eigenvalue weighted by atomic mass is 9.88. The average Bonchev–Trinajstić information content (AvgIpc) is 3.54. The van der Waals surface area contributed by atoms with Crippen molar-refractivity contribution >= 4 is 46.0 Å². The lowest BCUT2D eigenvalue weighted by Gasteiger charge is -2.18. The van der Waals surface area contributed by atoms with Crippen molar-refractivity contribution in [1.29, 1.82) is 0 Å². The van der Waals surface area contributed by atoms with Crippen LogP contribution in [-0.2, 0) is 12.8 Å². The Balaban J connectivity index is 1.30. The molecule has 6 aromatic rings. The van der Waals surface area contributed by atoms with Gasteiger partial charge >= 0.3 is 0 Å². The van der Waals surface area contributed by atoms with Gasteiger partial charge in [-0.05, 0) is 101 Å². The molecule has 53 heavy (non-hydrogen) atoms. The van der Waals surface area contributed by atoms with Crippen molar-refractivity contribution in [3.63, 3.8) is 0 Å². The molecule has 0 radical (unpaired) electrons. The van der Waals surface area contributed by atoms with Crippen molar-refractivity contribution in [2.24, 2.45) is 0 Å². The molecule has 0 bridgehead atoms. The van der Waals surface area contributed by atoms with Crippen molar-refractivity contribution in [3.05, 3.63) is 204 Å². The summed E-state index contributed by atoms with van der Waals surface area (Å²) in [6, 6.07) is 39.9. The summed E-state index contributed by atoms with van der Waals surface area (Å²) in [5.41, 5.74) is 16.6. The number of allylic oxidation sites excluding steroid dienone is 9. The van der Waals surface area contributed by atoms with Crippen LogP contribution in [0.15, 0.2) is 176 Å². The lowest BCUT2D eigenvalue weighted by Crippen LogP contribution is -2.02. The molecule has 0 amide bonds. The summed E-state index contributed by atoms with van der Waals surface area (Å²) in [6.07, 6.45) is 23.8. The molecule has 0 saturated heterocycles. The molecule has 0 spiro atoms. The number of nitrogens with zero attached hydrogens (tertiary/aromatic N) is 1. The smallest absolute Gasteiger partial charge is 0.0541 e. The molecule has 0 N–H and O–H groups in total. The zero-order valence-corrected chi connectivity index (χ0v) is 31.2. The van der Waals surface area contributed by atoms with Gasteiger partial charge in [0.15, 0.2) is 0 Å². The number of fused-ring (bicyclic) bond motifs is 5. The minimum Gasteiger partial charge on any atom is -0.309 e. The Hall–Kier alpha value is -5.83. The molecule has 0 fully saturated rings. The maximum atomic E-state index is 4.54. The standard InChI is InChI=1S/C51H43NS/c1-5-17-48-41(6-2)47-34-40(45-26-16-21-39-20-9-7-8-18-36(4)53-51(39)45)32-33-50(47)52(48)49-27-15-14-24-44(49)38-29-28-35(3)42-22-12-13-25-46(42)43-23-11-10-19-37(43)30-31-38/h5-19,21-29,31-34,36H,2-3,20,30H2,1,4H3/b9-7-,17-5-,18-8-,29-28?,38-31?. The second kappa shape index (κ2) is 15.0. The van der Waals surface area contributed by atoms with Crippen LogP contribution >= 0.6 is 11.8 Å². The molecule has 2 aliphatic rings. The van der Waals surface area contributed by atoms with Gasteiger partial charge in [0.25, 0.3) is 0 Å². The van der Waals surface area contributed by atoms with E-state index in [0.29, 0.717) is 5.25 Å². The van der Waals surface area contributed by atoms with E-state index in [1.807, 2.05) is 17.8 Å². The van der Waals surface area contributed by atoms with Gasteiger partial charge in [0.05, 0.1) is 16.9 Å². The van der Waals surface area contributed by atoms with Gasteiger partial charge in [-0.25, -0.2) is 0 Å². The summed E-state index contributed by atoms with van der Waals surface area (Å²) >= 11 is 1.94. The van der Waals surface area contributed by atoms with E-state index in [9.17, 15) is 0 Å². The third-order valence-electron chi connectivity index (χ3n) is 10.3. The molecule has 1 nitrogen and oxygen atoms in total. The Kier molecular flexibility index (Phi) is 9.72. The normalized spacial score (nSPS) is 16.8. The van der Waals surface area contributed by atoms with Crippen LogP contribution in [0.2, 0.25) is 0 Å². The van der Waals surface area contributed by atoms with Crippen LogP contribution in [0, 0.1) is 0 Å². The average molecular weight is 702 g/mol. The van der Waals surface area contributed by atoms with E-state index < -0.39 is 0 Å². The van der Waals surface area contributed by atoms with Crippen LogP contribution in [-0.4, -0.2) is 9.82 Å². The first-order valence-electron chi connectivity index (χ1n) is 18.5.